The highest BCUT2D eigenvalue weighted by Crippen LogP contribution is 2.21. The third-order valence-corrected chi connectivity index (χ3v) is 5.99. The second-order valence-electron chi connectivity index (χ2n) is 7.32. The number of nitrogens with zero attached hydrogens (tertiary/aromatic N) is 4. The molecule has 0 aliphatic carbocycles. The van der Waals surface area contributed by atoms with Gasteiger partial charge in [-0.2, -0.15) is 0 Å². The van der Waals surface area contributed by atoms with Gasteiger partial charge in [0.05, 0.1) is 16.7 Å². The predicted octanol–water partition coefficient (Wildman–Crippen LogP) is 3.30. The number of benzene rings is 2. The minimum Gasteiger partial charge on any atom is -0.355 e. The molecule has 4 rings (SSSR count). The smallest absolute Gasteiger partial charge is 0.262 e. The van der Waals surface area contributed by atoms with Crippen LogP contribution in [0.3, 0.4) is 0 Å². The van der Waals surface area contributed by atoms with E-state index >= 15 is 0 Å². The second kappa shape index (κ2) is 9.78. The van der Waals surface area contributed by atoms with E-state index in [0.29, 0.717) is 29.4 Å². The van der Waals surface area contributed by atoms with Gasteiger partial charge in [-0.15, -0.1) is 10.2 Å². The maximum absolute atomic E-state index is 12.9. The normalized spacial score (nSPS) is 11.3. The maximum Gasteiger partial charge on any atom is 0.262 e. The summed E-state index contributed by atoms with van der Waals surface area (Å²) in [6, 6.07) is 17.7. The van der Waals surface area contributed by atoms with Crippen LogP contribution in [-0.2, 0) is 17.8 Å². The van der Waals surface area contributed by atoms with Crippen molar-refractivity contribution in [2.75, 3.05) is 12.3 Å². The highest BCUT2D eigenvalue weighted by atomic mass is 32.2. The Bertz CT molecular complexity index is 1250. The predicted molar refractivity (Wildman–Crippen MR) is 124 cm³/mol. The number of hydrogen-bond donors (Lipinski definition) is 1. The lowest BCUT2D eigenvalue weighted by Gasteiger charge is -2.10. The number of nitrogens with one attached hydrogen (secondary N) is 1. The van der Waals surface area contributed by atoms with Crippen molar-refractivity contribution in [3.05, 3.63) is 70.5 Å². The summed E-state index contributed by atoms with van der Waals surface area (Å²) in [5.41, 5.74) is 1.96. The van der Waals surface area contributed by atoms with Gasteiger partial charge in [0.1, 0.15) is 0 Å². The Morgan fingerprint density at radius 1 is 1.06 bits per heavy atom. The molecule has 2 heterocycles. The molecule has 0 saturated carbocycles. The van der Waals surface area contributed by atoms with Crippen LogP contribution >= 0.6 is 11.8 Å². The fourth-order valence-corrected chi connectivity index (χ4v) is 4.37. The van der Waals surface area contributed by atoms with Crippen molar-refractivity contribution in [1.29, 1.82) is 0 Å². The zero-order chi connectivity index (χ0) is 21.6. The Kier molecular flexibility index (Phi) is 6.66. The Balaban J connectivity index is 1.45. The fraction of sp³-hybridized carbons (Fsp3) is 0.304. The van der Waals surface area contributed by atoms with E-state index in [4.69, 9.17) is 0 Å². The SMILES string of the molecule is CCCn1c(=O)c2ccccc2n2c(SCC(=O)NCCCc3ccccc3)nnc12. The van der Waals surface area contributed by atoms with Gasteiger partial charge in [-0.1, -0.05) is 61.2 Å². The number of fused-ring (bicyclic) bond motifs is 3. The molecule has 0 aliphatic rings. The van der Waals surface area contributed by atoms with Crippen molar-refractivity contribution in [2.45, 2.75) is 37.9 Å². The van der Waals surface area contributed by atoms with E-state index in [1.165, 1.54) is 17.3 Å². The minimum absolute atomic E-state index is 0.0407. The summed E-state index contributed by atoms with van der Waals surface area (Å²) in [6.45, 7) is 3.22. The van der Waals surface area contributed by atoms with E-state index in [2.05, 4.69) is 27.6 Å². The lowest BCUT2D eigenvalue weighted by molar-refractivity contribution is -0.118. The first-order valence-corrected chi connectivity index (χ1v) is 11.5. The maximum atomic E-state index is 12.9. The summed E-state index contributed by atoms with van der Waals surface area (Å²) in [4.78, 5) is 25.2. The molecule has 0 saturated heterocycles. The van der Waals surface area contributed by atoms with Gasteiger partial charge < -0.3 is 5.32 Å². The third kappa shape index (κ3) is 4.64. The molecule has 160 valence electrons. The molecule has 0 bridgehead atoms. The van der Waals surface area contributed by atoms with Crippen LogP contribution in [-0.4, -0.2) is 37.4 Å². The average molecular weight is 436 g/mol. The zero-order valence-electron chi connectivity index (χ0n) is 17.5. The standard InChI is InChI=1S/C23H25N5O2S/c1-2-15-27-21(30)18-12-6-7-13-19(18)28-22(27)25-26-23(28)31-16-20(29)24-14-8-11-17-9-4-3-5-10-17/h3-7,9-10,12-13H,2,8,11,14-16H2,1H3,(H,24,29). The summed E-state index contributed by atoms with van der Waals surface area (Å²) in [5.74, 6) is 0.713. The number of hydrogen-bond acceptors (Lipinski definition) is 5. The van der Waals surface area contributed by atoms with Crippen LogP contribution in [0.5, 0.6) is 0 Å². The highest BCUT2D eigenvalue weighted by Gasteiger charge is 2.17. The molecule has 7 nitrogen and oxygen atoms in total. The Morgan fingerprint density at radius 2 is 1.84 bits per heavy atom. The van der Waals surface area contributed by atoms with Gasteiger partial charge in [-0.05, 0) is 37.0 Å². The van der Waals surface area contributed by atoms with Crippen LogP contribution in [0.1, 0.15) is 25.3 Å². The molecule has 0 aliphatic heterocycles. The largest absolute Gasteiger partial charge is 0.355 e. The minimum atomic E-state index is -0.0648. The quantitative estimate of drug-likeness (QED) is 0.322. The van der Waals surface area contributed by atoms with Crippen molar-refractivity contribution in [3.63, 3.8) is 0 Å². The van der Waals surface area contributed by atoms with Gasteiger partial charge in [0.15, 0.2) is 5.16 Å². The number of aryl methyl sites for hydroxylation is 2. The summed E-state index contributed by atoms with van der Waals surface area (Å²) >= 11 is 1.33. The van der Waals surface area contributed by atoms with Gasteiger partial charge in [-0.25, -0.2) is 0 Å². The molecule has 0 radical (unpaired) electrons. The number of rotatable bonds is 9. The van der Waals surface area contributed by atoms with Crippen molar-refractivity contribution in [3.8, 4) is 0 Å². The molecular formula is C23H25N5O2S. The highest BCUT2D eigenvalue weighted by molar-refractivity contribution is 7.99. The van der Waals surface area contributed by atoms with Crippen molar-refractivity contribution >= 4 is 34.3 Å². The van der Waals surface area contributed by atoms with Crippen LogP contribution in [0.4, 0.5) is 0 Å². The van der Waals surface area contributed by atoms with Gasteiger partial charge in [-0.3, -0.25) is 18.6 Å². The van der Waals surface area contributed by atoms with Crippen LogP contribution in [0.15, 0.2) is 64.5 Å². The summed E-state index contributed by atoms with van der Waals surface area (Å²) in [6.07, 6.45) is 2.64. The number of thioether (sulfide) groups is 1. The first kappa shape index (κ1) is 21.1. The first-order chi connectivity index (χ1) is 15.2. The van der Waals surface area contributed by atoms with Gasteiger partial charge in [0.2, 0.25) is 11.7 Å². The van der Waals surface area contributed by atoms with Gasteiger partial charge in [0.25, 0.3) is 5.56 Å². The van der Waals surface area contributed by atoms with E-state index in [9.17, 15) is 9.59 Å². The molecule has 1 N–H and O–H groups in total. The monoisotopic (exact) mass is 435 g/mol. The average Bonchev–Trinajstić information content (AvgIpc) is 3.23. The molecular weight excluding hydrogens is 410 g/mol. The zero-order valence-corrected chi connectivity index (χ0v) is 18.3. The fourth-order valence-electron chi connectivity index (χ4n) is 3.60. The number of amides is 1. The molecule has 2 aromatic heterocycles. The second-order valence-corrected chi connectivity index (χ2v) is 8.26. The van der Waals surface area contributed by atoms with Gasteiger partial charge in [0, 0.05) is 13.1 Å². The molecule has 8 heteroatoms. The molecule has 0 atom stereocenters. The van der Waals surface area contributed by atoms with Crippen LogP contribution in [0, 0.1) is 0 Å². The molecule has 2 aromatic carbocycles. The van der Waals surface area contributed by atoms with E-state index < -0.39 is 0 Å². The molecule has 4 aromatic rings. The number of aromatic nitrogens is 4. The number of carbonyl (C=O) groups is 1. The summed E-state index contributed by atoms with van der Waals surface area (Å²) in [7, 11) is 0. The van der Waals surface area contributed by atoms with E-state index in [1.807, 2.05) is 53.8 Å². The third-order valence-electron chi connectivity index (χ3n) is 5.07. The van der Waals surface area contributed by atoms with E-state index in [1.54, 1.807) is 4.57 Å². The van der Waals surface area contributed by atoms with Gasteiger partial charge >= 0.3 is 0 Å². The molecule has 0 unspecified atom stereocenters. The van der Waals surface area contributed by atoms with Crippen LogP contribution in [0.2, 0.25) is 0 Å². The van der Waals surface area contributed by atoms with Crippen molar-refractivity contribution in [1.82, 2.24) is 24.5 Å². The Hall–Kier alpha value is -3.13. The van der Waals surface area contributed by atoms with Crippen molar-refractivity contribution in [2.24, 2.45) is 0 Å². The topological polar surface area (TPSA) is 81.3 Å². The molecule has 0 spiro atoms. The lowest BCUT2D eigenvalue weighted by atomic mass is 10.1. The molecule has 0 fully saturated rings. The molecule has 31 heavy (non-hydrogen) atoms. The summed E-state index contributed by atoms with van der Waals surface area (Å²) in [5, 5.41) is 12.7. The van der Waals surface area contributed by atoms with Crippen LogP contribution < -0.4 is 10.9 Å². The molecule has 1 amide bonds. The Morgan fingerprint density at radius 3 is 2.65 bits per heavy atom. The van der Waals surface area contributed by atoms with Crippen molar-refractivity contribution < 1.29 is 4.79 Å². The number of carbonyl (C=O) groups excluding carboxylic acids is 1. The number of para-hydroxylation sites is 1. The van der Waals surface area contributed by atoms with E-state index in [0.717, 1.165) is 24.8 Å². The van der Waals surface area contributed by atoms with E-state index in [-0.39, 0.29) is 17.2 Å². The summed E-state index contributed by atoms with van der Waals surface area (Å²) < 4.78 is 3.53. The first-order valence-electron chi connectivity index (χ1n) is 10.5. The Labute approximate surface area is 184 Å². The van der Waals surface area contributed by atoms with Crippen LogP contribution in [0.25, 0.3) is 16.7 Å². The lowest BCUT2D eigenvalue weighted by Crippen LogP contribution is -2.26.